The summed E-state index contributed by atoms with van der Waals surface area (Å²) < 4.78 is 1.10. The van der Waals surface area contributed by atoms with Gasteiger partial charge in [0.05, 0.1) is 0 Å². The second-order valence-corrected chi connectivity index (χ2v) is 6.98. The van der Waals surface area contributed by atoms with Crippen LogP contribution in [0.3, 0.4) is 0 Å². The molecule has 0 amide bonds. The van der Waals surface area contributed by atoms with Gasteiger partial charge in [0.2, 0.25) is 0 Å². The van der Waals surface area contributed by atoms with Crippen LogP contribution in [0.4, 0.5) is 0 Å². The number of benzene rings is 4. The van der Waals surface area contributed by atoms with E-state index in [1.165, 1.54) is 0 Å². The predicted octanol–water partition coefficient (Wildman–Crippen LogP) is 7.28. The van der Waals surface area contributed by atoms with Gasteiger partial charge in [-0.25, -0.2) is 0 Å². The molecule has 0 unspecified atom stereocenters. The maximum atomic E-state index is 9.14. The molecular weight excluding hydrogens is 483 g/mol. The van der Waals surface area contributed by atoms with Crippen molar-refractivity contribution in [2.75, 3.05) is 0 Å². The van der Waals surface area contributed by atoms with Gasteiger partial charge in [0.15, 0.2) is 0 Å². The molecule has 0 aliphatic carbocycles. The maximum Gasteiger partial charge on any atom is 0 e. The zero-order valence-electron chi connectivity index (χ0n) is 15.4. The summed E-state index contributed by atoms with van der Waals surface area (Å²) in [6.07, 6.45) is 0. The van der Waals surface area contributed by atoms with E-state index in [0.717, 1.165) is 21.2 Å². The topological polar surface area (TPSA) is 23.8 Å². The van der Waals surface area contributed by atoms with E-state index in [0.29, 0.717) is 0 Å². The summed E-state index contributed by atoms with van der Waals surface area (Å²) in [5.74, 6) is 0. The fourth-order valence-electron chi connectivity index (χ4n) is 2.93. The normalized spacial score (nSPS) is 10.2. The fraction of sp³-hybridized carbons (Fsp3) is 0.0400. The largest absolute Gasteiger partial charge is 0.660 e. The summed E-state index contributed by atoms with van der Waals surface area (Å²) in [6, 6.07) is 40.5. The standard InChI is InChI=1S/C19H16N.C6H4Br.Y/c20-19(16-10-4-1-5-11-16,17-12-6-2-7-13-17)18-14-8-3-9-15-18;7-6-4-2-1-3-5-6;/h1-15,20H;2-5H;/q2*-1;. The molecule has 4 aromatic rings. The number of halogens is 1. The molecule has 0 aromatic heterocycles. The minimum atomic E-state index is -0.871. The van der Waals surface area contributed by atoms with Crippen LogP contribution in [-0.2, 0) is 38.2 Å². The summed E-state index contributed by atoms with van der Waals surface area (Å²) in [7, 11) is 0. The van der Waals surface area contributed by atoms with Crippen molar-refractivity contribution in [2.45, 2.75) is 5.54 Å². The van der Waals surface area contributed by atoms with Crippen molar-refractivity contribution in [3.63, 3.8) is 0 Å². The Hall–Kier alpha value is -1.58. The van der Waals surface area contributed by atoms with Gasteiger partial charge in [-0.2, -0.15) is 30.3 Å². The Bertz CT molecular complexity index is 832. The summed E-state index contributed by atoms with van der Waals surface area (Å²) >= 11 is 3.29. The second-order valence-electron chi connectivity index (χ2n) is 6.07. The Labute approximate surface area is 201 Å². The molecule has 0 aliphatic heterocycles. The van der Waals surface area contributed by atoms with Gasteiger partial charge in [-0.3, -0.25) is 0 Å². The SMILES string of the molecule is Brc1cc[c-]cc1.[NH-]C(c1ccccc1)(c1ccccc1)c1ccccc1.[Y]. The molecule has 4 aromatic carbocycles. The molecule has 0 bridgehead atoms. The van der Waals surface area contributed by atoms with Crippen LogP contribution < -0.4 is 0 Å². The third-order valence-electron chi connectivity index (χ3n) is 4.30. The third-order valence-corrected chi connectivity index (χ3v) is 4.83. The number of nitrogens with one attached hydrogen (secondary N) is 1. The molecular formula is C25H20BrNY-2. The Morgan fingerprint density at radius 3 is 1.14 bits per heavy atom. The quantitative estimate of drug-likeness (QED) is 0.207. The van der Waals surface area contributed by atoms with Gasteiger partial charge >= 0.3 is 0 Å². The predicted molar refractivity (Wildman–Crippen MR) is 117 cm³/mol. The Kier molecular flexibility index (Phi) is 9.27. The van der Waals surface area contributed by atoms with Crippen LogP contribution in [0.25, 0.3) is 5.73 Å². The Morgan fingerprint density at radius 2 is 0.893 bits per heavy atom. The number of hydrogen-bond acceptors (Lipinski definition) is 0. The van der Waals surface area contributed by atoms with Crippen LogP contribution in [0.1, 0.15) is 16.7 Å². The van der Waals surface area contributed by atoms with Crippen LogP contribution in [0.15, 0.2) is 120 Å². The monoisotopic (exact) mass is 502 g/mol. The van der Waals surface area contributed by atoms with Gasteiger partial charge in [-0.1, -0.05) is 128 Å². The Balaban J connectivity index is 0.000000298. The van der Waals surface area contributed by atoms with E-state index in [1.807, 2.05) is 115 Å². The maximum absolute atomic E-state index is 9.14. The molecule has 137 valence electrons. The fourth-order valence-corrected chi connectivity index (χ4v) is 3.20. The molecule has 4 rings (SSSR count). The van der Waals surface area contributed by atoms with Crippen LogP contribution in [-0.4, -0.2) is 0 Å². The van der Waals surface area contributed by atoms with Crippen molar-refractivity contribution in [2.24, 2.45) is 0 Å². The van der Waals surface area contributed by atoms with Gasteiger partial charge in [0.1, 0.15) is 0 Å². The second kappa shape index (κ2) is 11.4. The Morgan fingerprint density at radius 1 is 0.571 bits per heavy atom. The van der Waals surface area contributed by atoms with Crippen LogP contribution in [0.2, 0.25) is 0 Å². The van der Waals surface area contributed by atoms with Crippen LogP contribution in [0.5, 0.6) is 0 Å². The molecule has 28 heavy (non-hydrogen) atoms. The first-order valence-corrected chi connectivity index (χ1v) is 9.54. The van der Waals surface area contributed by atoms with Gasteiger partial charge in [-0.15, -0.1) is 0 Å². The van der Waals surface area contributed by atoms with Crippen LogP contribution in [0, 0.1) is 6.07 Å². The van der Waals surface area contributed by atoms with E-state index in [9.17, 15) is 0 Å². The van der Waals surface area contributed by atoms with Gasteiger partial charge in [-0.05, 0) is 5.54 Å². The third kappa shape index (κ3) is 5.71. The molecule has 0 saturated carbocycles. The van der Waals surface area contributed by atoms with Crippen molar-refractivity contribution in [1.82, 2.24) is 0 Å². The average Bonchev–Trinajstić information content (AvgIpc) is 2.76. The van der Waals surface area contributed by atoms with Gasteiger partial charge in [0, 0.05) is 32.7 Å². The average molecular weight is 503 g/mol. The van der Waals surface area contributed by atoms with E-state index < -0.39 is 5.54 Å². The molecule has 1 N–H and O–H groups in total. The first kappa shape index (κ1) is 22.7. The molecule has 0 saturated heterocycles. The van der Waals surface area contributed by atoms with E-state index in [1.54, 1.807) is 0 Å². The first-order valence-electron chi connectivity index (χ1n) is 8.74. The van der Waals surface area contributed by atoms with E-state index in [4.69, 9.17) is 5.73 Å². The van der Waals surface area contributed by atoms with Gasteiger partial charge in [0.25, 0.3) is 0 Å². The van der Waals surface area contributed by atoms with Crippen LogP contribution >= 0.6 is 15.9 Å². The van der Waals surface area contributed by atoms with E-state index >= 15 is 0 Å². The molecule has 0 atom stereocenters. The van der Waals surface area contributed by atoms with E-state index in [2.05, 4.69) is 22.0 Å². The van der Waals surface area contributed by atoms with Crippen molar-refractivity contribution in [3.8, 4) is 0 Å². The van der Waals surface area contributed by atoms with Crippen molar-refractivity contribution >= 4 is 15.9 Å². The summed E-state index contributed by atoms with van der Waals surface area (Å²) in [6.45, 7) is 0. The summed E-state index contributed by atoms with van der Waals surface area (Å²) in [4.78, 5) is 0. The summed E-state index contributed by atoms with van der Waals surface area (Å²) in [5, 5.41) is 0. The molecule has 0 aliphatic rings. The molecule has 3 heteroatoms. The van der Waals surface area contributed by atoms with E-state index in [-0.39, 0.29) is 32.7 Å². The molecule has 1 radical (unpaired) electrons. The molecule has 0 heterocycles. The van der Waals surface area contributed by atoms with Crippen molar-refractivity contribution in [3.05, 3.63) is 148 Å². The first-order chi connectivity index (χ1) is 13.2. The molecule has 0 spiro atoms. The van der Waals surface area contributed by atoms with Gasteiger partial charge < -0.3 is 5.73 Å². The molecule has 0 fully saturated rings. The van der Waals surface area contributed by atoms with Crippen molar-refractivity contribution < 1.29 is 32.7 Å². The van der Waals surface area contributed by atoms with Crippen molar-refractivity contribution in [1.29, 1.82) is 0 Å². The smallest absolute Gasteiger partial charge is 0 e. The zero-order chi connectivity index (χ0) is 19.0. The molecule has 1 nitrogen and oxygen atoms in total. The minimum absolute atomic E-state index is 0. The minimum Gasteiger partial charge on any atom is -0.660 e. The zero-order valence-corrected chi connectivity index (χ0v) is 19.8. The number of hydrogen-bond donors (Lipinski definition) is 0. The number of rotatable bonds is 3. The summed E-state index contributed by atoms with van der Waals surface area (Å²) in [5.41, 5.74) is 11.2.